The highest BCUT2D eigenvalue weighted by Crippen LogP contribution is 2.23. The zero-order valence-corrected chi connectivity index (χ0v) is 16.1. The van der Waals surface area contributed by atoms with Gasteiger partial charge in [-0.2, -0.15) is 5.10 Å². The molecule has 0 saturated heterocycles. The summed E-state index contributed by atoms with van der Waals surface area (Å²) >= 11 is 0. The van der Waals surface area contributed by atoms with Gasteiger partial charge >= 0.3 is 5.97 Å². The van der Waals surface area contributed by atoms with Gasteiger partial charge < -0.3 is 14.8 Å². The average Bonchev–Trinajstić information content (AvgIpc) is 2.67. The van der Waals surface area contributed by atoms with E-state index in [0.717, 1.165) is 4.68 Å². The van der Waals surface area contributed by atoms with Crippen LogP contribution in [0.5, 0.6) is 5.75 Å². The highest BCUT2D eigenvalue weighted by atomic mass is 19.1. The zero-order valence-electron chi connectivity index (χ0n) is 16.1. The van der Waals surface area contributed by atoms with Gasteiger partial charge in [-0.05, 0) is 24.1 Å². The molecule has 1 N–H and O–H groups in total. The predicted molar refractivity (Wildman–Crippen MR) is 99.2 cm³/mol. The Kier molecular flexibility index (Phi) is 6.86. The maximum atomic E-state index is 14.3. The number of halogens is 1. The maximum absolute atomic E-state index is 14.3. The normalized spacial score (nSPS) is 11.8. The summed E-state index contributed by atoms with van der Waals surface area (Å²) in [6.07, 6.45) is 0. The Morgan fingerprint density at radius 2 is 1.93 bits per heavy atom. The summed E-state index contributed by atoms with van der Waals surface area (Å²) in [5, 5.41) is 6.59. The van der Waals surface area contributed by atoms with E-state index in [1.807, 2.05) is 0 Å². The van der Waals surface area contributed by atoms with Gasteiger partial charge in [0, 0.05) is 17.7 Å². The molecule has 0 bridgehead atoms. The summed E-state index contributed by atoms with van der Waals surface area (Å²) in [6, 6.07) is 5.94. The Bertz CT molecular complexity index is 926. The summed E-state index contributed by atoms with van der Waals surface area (Å²) in [5.74, 6) is -1.62. The van der Waals surface area contributed by atoms with Gasteiger partial charge in [-0.25, -0.2) is 13.9 Å². The van der Waals surface area contributed by atoms with Crippen LogP contribution in [-0.4, -0.2) is 41.9 Å². The molecule has 1 heterocycles. The highest BCUT2D eigenvalue weighted by Gasteiger charge is 2.25. The molecule has 28 heavy (non-hydrogen) atoms. The predicted octanol–water partition coefficient (Wildman–Crippen LogP) is 1.37. The van der Waals surface area contributed by atoms with Gasteiger partial charge in [0.2, 0.25) is 5.91 Å². The van der Waals surface area contributed by atoms with Gasteiger partial charge in [-0.1, -0.05) is 13.8 Å². The first kappa shape index (κ1) is 21.1. The molecule has 0 aliphatic heterocycles. The van der Waals surface area contributed by atoms with Crippen molar-refractivity contribution in [2.75, 3.05) is 14.2 Å². The minimum atomic E-state index is -0.851. The van der Waals surface area contributed by atoms with E-state index in [1.54, 1.807) is 19.9 Å². The number of hydrogen-bond donors (Lipinski definition) is 1. The standard InChI is InChI=1S/C19H22FN3O5/c1-11(2)18(19(26)28-4)21-16(24)10-23-17(25)8-7-15(22-23)13-6-5-12(27-3)9-14(13)20/h5-9,11,18H,10H2,1-4H3,(H,21,24)/t18-/m1/s1. The quantitative estimate of drug-likeness (QED) is 0.716. The van der Waals surface area contributed by atoms with E-state index in [9.17, 15) is 18.8 Å². The Hall–Kier alpha value is -3.23. The van der Waals surface area contributed by atoms with Crippen LogP contribution < -0.4 is 15.6 Å². The lowest BCUT2D eigenvalue weighted by Gasteiger charge is -2.19. The molecule has 0 unspecified atom stereocenters. The minimum absolute atomic E-state index is 0.157. The first-order valence-electron chi connectivity index (χ1n) is 8.56. The van der Waals surface area contributed by atoms with Crippen molar-refractivity contribution in [1.29, 1.82) is 0 Å². The summed E-state index contributed by atoms with van der Waals surface area (Å²) in [5.41, 5.74) is -0.197. The van der Waals surface area contributed by atoms with Crippen molar-refractivity contribution >= 4 is 11.9 Å². The lowest BCUT2D eigenvalue weighted by molar-refractivity contribution is -0.146. The maximum Gasteiger partial charge on any atom is 0.328 e. The van der Waals surface area contributed by atoms with E-state index < -0.39 is 35.8 Å². The molecule has 0 saturated carbocycles. The third kappa shape index (κ3) is 4.93. The van der Waals surface area contributed by atoms with Crippen LogP contribution >= 0.6 is 0 Å². The largest absolute Gasteiger partial charge is 0.497 e. The molecule has 8 nitrogen and oxygen atoms in total. The lowest BCUT2D eigenvalue weighted by Crippen LogP contribution is -2.47. The SMILES string of the molecule is COC(=O)[C@H](NC(=O)Cn1nc(-c2ccc(OC)cc2F)ccc1=O)C(C)C. The van der Waals surface area contributed by atoms with Crippen molar-refractivity contribution < 1.29 is 23.5 Å². The smallest absolute Gasteiger partial charge is 0.328 e. The van der Waals surface area contributed by atoms with Gasteiger partial charge in [0.25, 0.3) is 5.56 Å². The summed E-state index contributed by atoms with van der Waals surface area (Å²) in [6.45, 7) is 3.07. The topological polar surface area (TPSA) is 99.5 Å². The molecule has 0 fully saturated rings. The van der Waals surface area contributed by atoms with Crippen molar-refractivity contribution in [3.8, 4) is 17.0 Å². The number of ether oxygens (including phenoxy) is 2. The second kappa shape index (κ2) is 9.12. The zero-order chi connectivity index (χ0) is 20.8. The molecule has 1 aromatic carbocycles. The third-order valence-corrected chi connectivity index (χ3v) is 4.05. The fourth-order valence-corrected chi connectivity index (χ4v) is 2.52. The number of carbonyl (C=O) groups is 2. The number of aromatic nitrogens is 2. The number of amides is 1. The second-order valence-electron chi connectivity index (χ2n) is 6.37. The molecule has 2 rings (SSSR count). The second-order valence-corrected chi connectivity index (χ2v) is 6.37. The monoisotopic (exact) mass is 391 g/mol. The third-order valence-electron chi connectivity index (χ3n) is 4.05. The van der Waals surface area contributed by atoms with Crippen molar-refractivity contribution in [3.63, 3.8) is 0 Å². The lowest BCUT2D eigenvalue weighted by atomic mass is 10.0. The Balaban J connectivity index is 2.25. The Morgan fingerprint density at radius 1 is 1.21 bits per heavy atom. The number of esters is 1. The number of methoxy groups -OCH3 is 2. The molecule has 1 atom stereocenters. The Morgan fingerprint density at radius 3 is 2.50 bits per heavy atom. The number of nitrogens with zero attached hydrogens (tertiary/aromatic N) is 2. The fraction of sp³-hybridized carbons (Fsp3) is 0.368. The van der Waals surface area contributed by atoms with Crippen LogP contribution in [0.25, 0.3) is 11.3 Å². The van der Waals surface area contributed by atoms with Gasteiger partial charge in [-0.3, -0.25) is 9.59 Å². The van der Waals surface area contributed by atoms with Crippen LogP contribution in [0.3, 0.4) is 0 Å². The van der Waals surface area contributed by atoms with Crippen molar-refractivity contribution in [3.05, 3.63) is 46.5 Å². The van der Waals surface area contributed by atoms with Gasteiger partial charge in [0.05, 0.1) is 19.9 Å². The average molecular weight is 391 g/mol. The van der Waals surface area contributed by atoms with Crippen LogP contribution in [-0.2, 0) is 20.9 Å². The van der Waals surface area contributed by atoms with E-state index in [1.165, 1.54) is 38.5 Å². The van der Waals surface area contributed by atoms with Gasteiger partial charge in [0.1, 0.15) is 24.2 Å². The van der Waals surface area contributed by atoms with Crippen molar-refractivity contribution in [2.24, 2.45) is 5.92 Å². The Labute approximate surface area is 161 Å². The number of nitrogens with one attached hydrogen (secondary N) is 1. The summed E-state index contributed by atoms with van der Waals surface area (Å²) in [7, 11) is 2.65. The van der Waals surface area contributed by atoms with Crippen LogP contribution in [0.2, 0.25) is 0 Å². The van der Waals surface area contributed by atoms with E-state index in [-0.39, 0.29) is 17.2 Å². The molecule has 0 spiro atoms. The van der Waals surface area contributed by atoms with E-state index >= 15 is 0 Å². The molecule has 1 aromatic heterocycles. The summed E-state index contributed by atoms with van der Waals surface area (Å²) in [4.78, 5) is 36.1. The first-order chi connectivity index (χ1) is 13.3. The number of benzene rings is 1. The molecular weight excluding hydrogens is 369 g/mol. The fourth-order valence-electron chi connectivity index (χ4n) is 2.52. The molecule has 0 radical (unpaired) electrons. The van der Waals surface area contributed by atoms with E-state index in [0.29, 0.717) is 5.75 Å². The van der Waals surface area contributed by atoms with E-state index in [4.69, 9.17) is 4.74 Å². The molecule has 1 amide bonds. The van der Waals surface area contributed by atoms with E-state index in [2.05, 4.69) is 15.2 Å². The molecular formula is C19H22FN3O5. The van der Waals surface area contributed by atoms with Gasteiger partial charge in [-0.15, -0.1) is 0 Å². The van der Waals surface area contributed by atoms with Gasteiger partial charge in [0.15, 0.2) is 0 Å². The summed E-state index contributed by atoms with van der Waals surface area (Å²) < 4.78 is 24.8. The van der Waals surface area contributed by atoms with Crippen LogP contribution in [0.1, 0.15) is 13.8 Å². The molecule has 2 aromatic rings. The number of hydrogen-bond acceptors (Lipinski definition) is 6. The molecule has 150 valence electrons. The van der Waals surface area contributed by atoms with Crippen molar-refractivity contribution in [2.45, 2.75) is 26.4 Å². The molecule has 0 aliphatic rings. The first-order valence-corrected chi connectivity index (χ1v) is 8.56. The molecule has 9 heteroatoms. The number of rotatable bonds is 7. The minimum Gasteiger partial charge on any atom is -0.497 e. The molecule has 0 aliphatic carbocycles. The van der Waals surface area contributed by atoms with Crippen molar-refractivity contribution in [1.82, 2.24) is 15.1 Å². The number of carbonyl (C=O) groups excluding carboxylic acids is 2. The van der Waals surface area contributed by atoms with Crippen LogP contribution in [0.15, 0.2) is 35.1 Å². The van der Waals surface area contributed by atoms with Crippen LogP contribution in [0, 0.1) is 11.7 Å². The van der Waals surface area contributed by atoms with Crippen LogP contribution in [0.4, 0.5) is 4.39 Å². The highest BCUT2D eigenvalue weighted by molar-refractivity contribution is 5.84.